The topological polar surface area (TPSA) is 59.2 Å². The van der Waals surface area contributed by atoms with Gasteiger partial charge in [-0.05, 0) is 30.7 Å². The van der Waals surface area contributed by atoms with Gasteiger partial charge in [0.05, 0.1) is 6.04 Å². The van der Waals surface area contributed by atoms with E-state index in [-0.39, 0.29) is 17.4 Å². The first-order valence-corrected chi connectivity index (χ1v) is 9.49. The van der Waals surface area contributed by atoms with Crippen LogP contribution < -0.4 is 0 Å². The predicted octanol–water partition coefficient (Wildman–Crippen LogP) is 4.12. The van der Waals surface area contributed by atoms with Crippen molar-refractivity contribution in [2.75, 3.05) is 6.54 Å². The molecular weight excluding hydrogens is 322 g/mol. The number of carbonyl (C=O) groups excluding carboxylic acids is 1. The summed E-state index contributed by atoms with van der Waals surface area (Å²) in [6.45, 7) is 7.05. The summed E-state index contributed by atoms with van der Waals surface area (Å²) in [7, 11) is 0. The quantitative estimate of drug-likeness (QED) is 0.816. The Morgan fingerprint density at radius 1 is 1.46 bits per heavy atom. The van der Waals surface area contributed by atoms with E-state index in [0.717, 1.165) is 31.6 Å². The Bertz CT molecular complexity index is 673. The minimum absolute atomic E-state index is 0.110. The van der Waals surface area contributed by atoms with Gasteiger partial charge < -0.3 is 9.42 Å². The summed E-state index contributed by atoms with van der Waals surface area (Å²) >= 11 is 1.74. The third-order valence-corrected chi connectivity index (χ3v) is 5.34. The molecule has 1 aliphatic rings. The third kappa shape index (κ3) is 3.86. The summed E-state index contributed by atoms with van der Waals surface area (Å²) in [5.41, 5.74) is -0.110. The lowest BCUT2D eigenvalue weighted by atomic mass is 9.96. The van der Waals surface area contributed by atoms with Crippen molar-refractivity contribution in [3.63, 3.8) is 0 Å². The lowest BCUT2D eigenvalue weighted by molar-refractivity contribution is -0.132. The van der Waals surface area contributed by atoms with Crippen LogP contribution >= 0.6 is 11.3 Å². The smallest absolute Gasteiger partial charge is 0.226 e. The maximum atomic E-state index is 12.6. The zero-order valence-electron chi connectivity index (χ0n) is 14.6. The van der Waals surface area contributed by atoms with E-state index in [2.05, 4.69) is 48.4 Å². The first kappa shape index (κ1) is 17.1. The average Bonchev–Trinajstić information content (AvgIpc) is 3.26. The van der Waals surface area contributed by atoms with Gasteiger partial charge in [-0.2, -0.15) is 4.98 Å². The Labute approximate surface area is 147 Å². The monoisotopic (exact) mass is 347 g/mol. The third-order valence-electron chi connectivity index (χ3n) is 4.36. The number of aromatic nitrogens is 2. The van der Waals surface area contributed by atoms with Crippen molar-refractivity contribution >= 4 is 17.2 Å². The van der Waals surface area contributed by atoms with Gasteiger partial charge in [0.1, 0.15) is 0 Å². The van der Waals surface area contributed by atoms with Crippen LogP contribution in [0.5, 0.6) is 0 Å². The second kappa shape index (κ2) is 7.05. The van der Waals surface area contributed by atoms with Crippen LogP contribution in [0.2, 0.25) is 0 Å². The van der Waals surface area contributed by atoms with E-state index in [9.17, 15) is 4.79 Å². The van der Waals surface area contributed by atoms with E-state index in [0.29, 0.717) is 18.7 Å². The molecule has 0 aliphatic carbocycles. The fourth-order valence-corrected chi connectivity index (χ4v) is 3.91. The maximum Gasteiger partial charge on any atom is 0.226 e. The van der Waals surface area contributed by atoms with Gasteiger partial charge in [0, 0.05) is 29.7 Å². The molecule has 1 amide bonds. The molecule has 3 rings (SSSR count). The summed E-state index contributed by atoms with van der Waals surface area (Å²) in [6.07, 6.45) is 4.11. The Hall–Kier alpha value is -1.69. The summed E-state index contributed by atoms with van der Waals surface area (Å²) in [5, 5.41) is 6.11. The van der Waals surface area contributed by atoms with Crippen LogP contribution in [0.3, 0.4) is 0 Å². The SMILES string of the molecule is CC(C)(C)c1noc(CCCC(=O)N2CCC[C@H]2c2cccs2)n1. The molecule has 0 saturated carbocycles. The van der Waals surface area contributed by atoms with E-state index in [1.54, 1.807) is 11.3 Å². The first-order chi connectivity index (χ1) is 11.4. The van der Waals surface area contributed by atoms with Gasteiger partial charge in [0.25, 0.3) is 0 Å². The van der Waals surface area contributed by atoms with Gasteiger partial charge in [-0.3, -0.25) is 4.79 Å². The zero-order chi connectivity index (χ0) is 17.2. The molecule has 3 heterocycles. The van der Waals surface area contributed by atoms with Crippen molar-refractivity contribution in [2.45, 2.75) is 64.3 Å². The van der Waals surface area contributed by atoms with Gasteiger partial charge >= 0.3 is 0 Å². The molecule has 1 saturated heterocycles. The number of likely N-dealkylation sites (tertiary alicyclic amines) is 1. The van der Waals surface area contributed by atoms with E-state index < -0.39 is 0 Å². The van der Waals surface area contributed by atoms with Crippen LogP contribution in [-0.2, 0) is 16.6 Å². The van der Waals surface area contributed by atoms with Crippen molar-refractivity contribution in [3.05, 3.63) is 34.1 Å². The van der Waals surface area contributed by atoms with Gasteiger partial charge in [-0.1, -0.05) is 32.0 Å². The van der Waals surface area contributed by atoms with Gasteiger partial charge in [-0.25, -0.2) is 0 Å². The molecule has 0 spiro atoms. The van der Waals surface area contributed by atoms with Crippen LogP contribution in [0.25, 0.3) is 0 Å². The number of rotatable bonds is 5. The molecule has 0 N–H and O–H groups in total. The largest absolute Gasteiger partial charge is 0.339 e. The van der Waals surface area contributed by atoms with Crippen molar-refractivity contribution in [2.24, 2.45) is 0 Å². The molecule has 5 nitrogen and oxygen atoms in total. The highest BCUT2D eigenvalue weighted by Crippen LogP contribution is 2.35. The van der Waals surface area contributed by atoms with Crippen LogP contribution in [0.1, 0.15) is 69.1 Å². The molecule has 2 aromatic rings. The van der Waals surface area contributed by atoms with E-state index in [1.165, 1.54) is 4.88 Å². The normalized spacial score (nSPS) is 18.3. The second-order valence-electron chi connectivity index (χ2n) is 7.38. The minimum Gasteiger partial charge on any atom is -0.339 e. The molecule has 1 fully saturated rings. The molecule has 0 aromatic carbocycles. The fourth-order valence-electron chi connectivity index (χ4n) is 3.04. The lowest BCUT2D eigenvalue weighted by Crippen LogP contribution is -2.30. The number of hydrogen-bond acceptors (Lipinski definition) is 5. The van der Waals surface area contributed by atoms with Crippen LogP contribution in [0.15, 0.2) is 22.0 Å². The molecule has 24 heavy (non-hydrogen) atoms. The summed E-state index contributed by atoms with van der Waals surface area (Å²) in [6, 6.07) is 4.46. The highest BCUT2D eigenvalue weighted by atomic mass is 32.1. The molecule has 2 aromatic heterocycles. The summed E-state index contributed by atoms with van der Waals surface area (Å²) in [4.78, 5) is 20.3. The van der Waals surface area contributed by atoms with E-state index >= 15 is 0 Å². The highest BCUT2D eigenvalue weighted by Gasteiger charge is 2.30. The summed E-state index contributed by atoms with van der Waals surface area (Å²) < 4.78 is 5.29. The van der Waals surface area contributed by atoms with Crippen LogP contribution in [0.4, 0.5) is 0 Å². The van der Waals surface area contributed by atoms with E-state index in [1.807, 2.05) is 4.90 Å². The Balaban J connectivity index is 1.51. The standard InChI is InChI=1S/C18H25N3O2S/c1-18(2,3)17-19-15(23-20-17)9-4-10-16(22)21-11-5-7-13(21)14-8-6-12-24-14/h6,8,12-13H,4-5,7,9-11H2,1-3H3/t13-/m0/s1. The number of carbonyl (C=O) groups is 1. The zero-order valence-corrected chi connectivity index (χ0v) is 15.4. The molecule has 1 atom stereocenters. The van der Waals surface area contributed by atoms with Gasteiger partial charge in [0.15, 0.2) is 5.82 Å². The number of thiophene rings is 1. The van der Waals surface area contributed by atoms with Crippen molar-refractivity contribution < 1.29 is 9.32 Å². The molecule has 6 heteroatoms. The lowest BCUT2D eigenvalue weighted by Gasteiger charge is -2.23. The number of aryl methyl sites for hydroxylation is 1. The Kier molecular flexibility index (Phi) is 5.04. The van der Waals surface area contributed by atoms with Gasteiger partial charge in [-0.15, -0.1) is 11.3 Å². The fraction of sp³-hybridized carbons (Fsp3) is 0.611. The van der Waals surface area contributed by atoms with Crippen LogP contribution in [0, 0.1) is 0 Å². The van der Waals surface area contributed by atoms with E-state index in [4.69, 9.17) is 4.52 Å². The Morgan fingerprint density at radius 2 is 2.29 bits per heavy atom. The van der Waals surface area contributed by atoms with Crippen LogP contribution in [-0.4, -0.2) is 27.5 Å². The molecule has 0 radical (unpaired) electrons. The second-order valence-corrected chi connectivity index (χ2v) is 8.36. The predicted molar refractivity (Wildman–Crippen MR) is 93.9 cm³/mol. The maximum absolute atomic E-state index is 12.6. The minimum atomic E-state index is -0.110. The Morgan fingerprint density at radius 3 is 2.96 bits per heavy atom. The highest BCUT2D eigenvalue weighted by molar-refractivity contribution is 7.10. The van der Waals surface area contributed by atoms with Crippen molar-refractivity contribution in [3.8, 4) is 0 Å². The molecule has 130 valence electrons. The molecule has 0 unspecified atom stereocenters. The molecular formula is C18H25N3O2S. The number of amides is 1. The van der Waals surface area contributed by atoms with Gasteiger partial charge in [0.2, 0.25) is 11.8 Å². The molecule has 0 bridgehead atoms. The average molecular weight is 347 g/mol. The number of hydrogen-bond donors (Lipinski definition) is 0. The molecule has 1 aliphatic heterocycles. The number of nitrogens with zero attached hydrogens (tertiary/aromatic N) is 3. The summed E-state index contributed by atoms with van der Waals surface area (Å²) in [5.74, 6) is 1.59. The first-order valence-electron chi connectivity index (χ1n) is 8.61. The van der Waals surface area contributed by atoms with Crippen molar-refractivity contribution in [1.29, 1.82) is 0 Å². The van der Waals surface area contributed by atoms with Crippen molar-refractivity contribution in [1.82, 2.24) is 15.0 Å².